The van der Waals surface area contributed by atoms with E-state index in [0.717, 1.165) is 29.3 Å². The fraction of sp³-hybridized carbons (Fsp3) is 0.412. The summed E-state index contributed by atoms with van der Waals surface area (Å²) in [5.74, 6) is 0.751. The summed E-state index contributed by atoms with van der Waals surface area (Å²) in [6.07, 6.45) is 7.96. The number of ether oxygens (including phenoxy) is 1. The quantitative estimate of drug-likeness (QED) is 0.867. The predicted molar refractivity (Wildman–Crippen MR) is 91.0 cm³/mol. The fourth-order valence-corrected chi connectivity index (χ4v) is 3.61. The maximum Gasteiger partial charge on any atom is 0.264 e. The Morgan fingerprint density at radius 3 is 2.64 bits per heavy atom. The molecule has 0 radical (unpaired) electrons. The van der Waals surface area contributed by atoms with Crippen molar-refractivity contribution in [2.45, 2.75) is 38.1 Å². The normalized spacial score (nSPS) is 23.0. The number of amidine groups is 1. The van der Waals surface area contributed by atoms with Crippen LogP contribution in [0.4, 0.5) is 0 Å². The molecule has 4 nitrogen and oxygen atoms in total. The first-order valence-corrected chi connectivity index (χ1v) is 8.49. The highest BCUT2D eigenvalue weighted by Crippen LogP contribution is 2.28. The van der Waals surface area contributed by atoms with Gasteiger partial charge in [-0.1, -0.05) is 31.4 Å². The average molecular weight is 316 g/mol. The molecule has 0 unspecified atom stereocenters. The molecule has 0 aromatic heterocycles. The van der Waals surface area contributed by atoms with Crippen molar-refractivity contribution in [3.63, 3.8) is 0 Å². The third kappa shape index (κ3) is 3.71. The Bertz CT molecular complexity index is 602. The summed E-state index contributed by atoms with van der Waals surface area (Å²) in [5, 5.41) is 3.62. The van der Waals surface area contributed by atoms with Crippen LogP contribution in [0.25, 0.3) is 6.08 Å². The Labute approximate surface area is 135 Å². The third-order valence-corrected chi connectivity index (χ3v) is 4.86. The molecule has 0 bridgehead atoms. The van der Waals surface area contributed by atoms with Crippen LogP contribution in [-0.2, 0) is 4.79 Å². The lowest BCUT2D eigenvalue weighted by atomic mass is 9.96. The fourth-order valence-electron chi connectivity index (χ4n) is 2.72. The average Bonchev–Trinajstić information content (AvgIpc) is 2.88. The standard InChI is InChI=1S/C17H20N2O2S/c1-21-14-9-7-12(8-10-14)11-15-16(20)19-17(22-15)18-13-5-3-2-4-6-13/h7-11,13H,2-6H2,1H3,(H,18,19,20)/b15-11-. The number of nitrogens with one attached hydrogen (secondary N) is 1. The molecule has 22 heavy (non-hydrogen) atoms. The number of carbonyl (C=O) groups excluding carboxylic acids is 1. The first kappa shape index (κ1) is 15.2. The van der Waals surface area contributed by atoms with Crippen LogP contribution in [0, 0.1) is 0 Å². The minimum atomic E-state index is -0.0598. The van der Waals surface area contributed by atoms with Gasteiger partial charge in [-0.15, -0.1) is 0 Å². The number of hydrogen-bond donors (Lipinski definition) is 1. The molecule has 1 heterocycles. The summed E-state index contributed by atoms with van der Waals surface area (Å²) in [7, 11) is 1.64. The van der Waals surface area contributed by atoms with Crippen LogP contribution < -0.4 is 10.1 Å². The summed E-state index contributed by atoms with van der Waals surface area (Å²) in [6.45, 7) is 0. The summed E-state index contributed by atoms with van der Waals surface area (Å²) in [4.78, 5) is 17.4. The van der Waals surface area contributed by atoms with E-state index in [1.54, 1.807) is 7.11 Å². The van der Waals surface area contributed by atoms with Crippen LogP contribution in [0.1, 0.15) is 37.7 Å². The molecule has 1 aromatic rings. The van der Waals surface area contributed by atoms with Crippen LogP contribution in [0.2, 0.25) is 0 Å². The van der Waals surface area contributed by atoms with Crippen molar-refractivity contribution in [2.24, 2.45) is 4.99 Å². The predicted octanol–water partition coefficient (Wildman–Crippen LogP) is 3.59. The van der Waals surface area contributed by atoms with E-state index in [2.05, 4.69) is 5.32 Å². The van der Waals surface area contributed by atoms with Gasteiger partial charge in [0, 0.05) is 0 Å². The second-order valence-electron chi connectivity index (χ2n) is 5.56. The molecule has 1 aliphatic heterocycles. The Hall–Kier alpha value is -1.75. The molecule has 2 fully saturated rings. The highest BCUT2D eigenvalue weighted by Gasteiger charge is 2.25. The van der Waals surface area contributed by atoms with Crippen LogP contribution in [0.5, 0.6) is 5.75 Å². The third-order valence-electron chi connectivity index (χ3n) is 3.94. The van der Waals surface area contributed by atoms with Gasteiger partial charge in [0.1, 0.15) is 5.75 Å². The van der Waals surface area contributed by atoms with E-state index in [9.17, 15) is 4.79 Å². The SMILES string of the molecule is COc1ccc(/C=C2\SC(=NC3CCCCC3)NC2=O)cc1. The van der Waals surface area contributed by atoms with E-state index in [4.69, 9.17) is 9.73 Å². The Balaban J connectivity index is 1.70. The van der Waals surface area contributed by atoms with Gasteiger partial charge in [0.2, 0.25) is 0 Å². The topological polar surface area (TPSA) is 50.7 Å². The maximum atomic E-state index is 12.0. The van der Waals surface area contributed by atoms with E-state index >= 15 is 0 Å². The number of carbonyl (C=O) groups is 1. The smallest absolute Gasteiger partial charge is 0.264 e. The van der Waals surface area contributed by atoms with Gasteiger partial charge in [-0.2, -0.15) is 0 Å². The van der Waals surface area contributed by atoms with Gasteiger partial charge in [0.25, 0.3) is 5.91 Å². The maximum absolute atomic E-state index is 12.0. The number of methoxy groups -OCH3 is 1. The van der Waals surface area contributed by atoms with Crippen molar-refractivity contribution in [1.82, 2.24) is 5.32 Å². The van der Waals surface area contributed by atoms with Gasteiger partial charge in [0.15, 0.2) is 5.17 Å². The minimum absolute atomic E-state index is 0.0598. The number of hydrogen-bond acceptors (Lipinski definition) is 4. The van der Waals surface area contributed by atoms with Crippen molar-refractivity contribution in [2.75, 3.05) is 7.11 Å². The second kappa shape index (κ2) is 7.01. The Morgan fingerprint density at radius 1 is 1.23 bits per heavy atom. The van der Waals surface area contributed by atoms with E-state index in [-0.39, 0.29) is 5.91 Å². The minimum Gasteiger partial charge on any atom is -0.497 e. The van der Waals surface area contributed by atoms with E-state index in [0.29, 0.717) is 10.9 Å². The number of benzene rings is 1. The van der Waals surface area contributed by atoms with E-state index in [1.807, 2.05) is 30.3 Å². The zero-order valence-electron chi connectivity index (χ0n) is 12.7. The summed E-state index contributed by atoms with van der Waals surface area (Å²) >= 11 is 1.44. The van der Waals surface area contributed by atoms with Gasteiger partial charge in [-0.3, -0.25) is 9.79 Å². The molecule has 1 amide bonds. The first-order valence-electron chi connectivity index (χ1n) is 7.67. The van der Waals surface area contributed by atoms with Crippen molar-refractivity contribution < 1.29 is 9.53 Å². The molecule has 1 aromatic carbocycles. The number of thioether (sulfide) groups is 1. The van der Waals surface area contributed by atoms with Crippen LogP contribution in [0.3, 0.4) is 0 Å². The van der Waals surface area contributed by atoms with Crippen molar-refractivity contribution in [1.29, 1.82) is 0 Å². The van der Waals surface area contributed by atoms with Crippen molar-refractivity contribution in [3.05, 3.63) is 34.7 Å². The number of rotatable bonds is 3. The van der Waals surface area contributed by atoms with Gasteiger partial charge < -0.3 is 10.1 Å². The van der Waals surface area contributed by atoms with Crippen LogP contribution in [0.15, 0.2) is 34.2 Å². The molecule has 1 saturated carbocycles. The van der Waals surface area contributed by atoms with E-state index < -0.39 is 0 Å². The Kier molecular flexibility index (Phi) is 4.83. The lowest BCUT2D eigenvalue weighted by molar-refractivity contribution is -0.115. The molecule has 116 valence electrons. The first-order chi connectivity index (χ1) is 10.7. The lowest BCUT2D eigenvalue weighted by Gasteiger charge is -2.17. The molecular weight excluding hydrogens is 296 g/mol. The van der Waals surface area contributed by atoms with E-state index in [1.165, 1.54) is 31.0 Å². The summed E-state index contributed by atoms with van der Waals surface area (Å²) in [5.41, 5.74) is 0.984. The molecule has 2 aliphatic rings. The van der Waals surface area contributed by atoms with Crippen molar-refractivity contribution in [3.8, 4) is 5.75 Å². The molecule has 1 aliphatic carbocycles. The zero-order valence-corrected chi connectivity index (χ0v) is 13.5. The van der Waals surface area contributed by atoms with Crippen LogP contribution >= 0.6 is 11.8 Å². The van der Waals surface area contributed by atoms with Gasteiger partial charge in [0.05, 0.1) is 18.1 Å². The molecule has 0 atom stereocenters. The summed E-state index contributed by atoms with van der Waals surface area (Å²) < 4.78 is 5.14. The van der Waals surface area contributed by atoms with Gasteiger partial charge in [-0.05, 0) is 48.4 Å². The molecule has 0 spiro atoms. The highest BCUT2D eigenvalue weighted by molar-refractivity contribution is 8.18. The number of aliphatic imine (C=N–C) groups is 1. The Morgan fingerprint density at radius 2 is 1.95 bits per heavy atom. The van der Waals surface area contributed by atoms with Gasteiger partial charge in [-0.25, -0.2) is 0 Å². The molecule has 1 N–H and O–H groups in total. The lowest BCUT2D eigenvalue weighted by Crippen LogP contribution is -2.22. The second-order valence-corrected chi connectivity index (χ2v) is 6.59. The molecular formula is C17H20N2O2S. The molecule has 3 rings (SSSR count). The van der Waals surface area contributed by atoms with Gasteiger partial charge >= 0.3 is 0 Å². The van der Waals surface area contributed by atoms with Crippen molar-refractivity contribution >= 4 is 28.9 Å². The molecule has 1 saturated heterocycles. The number of nitrogens with zero attached hydrogens (tertiary/aromatic N) is 1. The highest BCUT2D eigenvalue weighted by atomic mass is 32.2. The summed E-state index contributed by atoms with van der Waals surface area (Å²) in [6, 6.07) is 8.03. The van der Waals surface area contributed by atoms with Crippen LogP contribution in [-0.4, -0.2) is 24.2 Å². The zero-order chi connectivity index (χ0) is 15.4. The largest absolute Gasteiger partial charge is 0.497 e. The number of amides is 1. The molecule has 5 heteroatoms. The monoisotopic (exact) mass is 316 g/mol.